The average molecular weight is 425 g/mol. The molecule has 0 aliphatic carbocycles. The van der Waals surface area contributed by atoms with Crippen molar-refractivity contribution in [2.45, 2.75) is 17.4 Å². The molecule has 0 saturated heterocycles. The molecule has 0 spiro atoms. The minimum atomic E-state index is -3.64. The lowest BCUT2D eigenvalue weighted by molar-refractivity contribution is -0.135. The van der Waals surface area contributed by atoms with E-state index in [0.29, 0.717) is 16.5 Å². The highest BCUT2D eigenvalue weighted by molar-refractivity contribution is 7.91. The van der Waals surface area contributed by atoms with Crippen molar-refractivity contribution >= 4 is 33.3 Å². The lowest BCUT2D eigenvalue weighted by Gasteiger charge is -2.25. The molecule has 1 atom stereocenters. The number of hydrazine groups is 1. The number of sulfone groups is 1. The second-order valence-electron chi connectivity index (χ2n) is 5.92. The molecule has 0 unspecified atom stereocenters. The van der Waals surface area contributed by atoms with Crippen LogP contribution in [0.15, 0.2) is 53.4 Å². The second-order valence-corrected chi connectivity index (χ2v) is 8.47. The maximum Gasteiger partial charge on any atom is 0.283 e. The molecule has 148 valence electrons. The molecular weight excluding hydrogens is 408 g/mol. The van der Waals surface area contributed by atoms with E-state index in [0.717, 1.165) is 0 Å². The summed E-state index contributed by atoms with van der Waals surface area (Å²) in [6.07, 6.45) is -1.26. The molecule has 1 aliphatic rings. The number of ether oxygens (including phenoxy) is 2. The molecule has 0 fully saturated rings. The van der Waals surface area contributed by atoms with Crippen molar-refractivity contribution in [3.8, 4) is 11.5 Å². The summed E-state index contributed by atoms with van der Waals surface area (Å²) in [6, 6.07) is 12.6. The number of amides is 2. The van der Waals surface area contributed by atoms with Gasteiger partial charge in [-0.3, -0.25) is 20.4 Å². The van der Waals surface area contributed by atoms with Gasteiger partial charge in [-0.15, -0.1) is 0 Å². The van der Waals surface area contributed by atoms with E-state index in [1.54, 1.807) is 24.3 Å². The van der Waals surface area contributed by atoms with E-state index in [-0.39, 0.29) is 17.9 Å². The monoisotopic (exact) mass is 424 g/mol. The summed E-state index contributed by atoms with van der Waals surface area (Å²) in [7, 11) is -3.64. The first kappa shape index (κ1) is 20.0. The molecule has 8 nitrogen and oxygen atoms in total. The number of para-hydroxylation sites is 2. The van der Waals surface area contributed by atoms with Crippen LogP contribution < -0.4 is 20.3 Å². The first-order valence-electron chi connectivity index (χ1n) is 8.31. The molecule has 0 saturated carbocycles. The van der Waals surface area contributed by atoms with Crippen molar-refractivity contribution in [3.05, 3.63) is 53.6 Å². The highest BCUT2D eigenvalue weighted by Crippen LogP contribution is 2.30. The molecule has 2 N–H and O–H groups in total. The molecule has 2 aromatic rings. The lowest BCUT2D eigenvalue weighted by Crippen LogP contribution is -2.51. The van der Waals surface area contributed by atoms with E-state index in [4.69, 9.17) is 21.1 Å². The smallest absolute Gasteiger partial charge is 0.283 e. The first-order valence-corrected chi connectivity index (χ1v) is 10.3. The number of hydrogen-bond acceptors (Lipinski definition) is 6. The number of nitrogens with one attached hydrogen (secondary N) is 2. The molecule has 2 aromatic carbocycles. The van der Waals surface area contributed by atoms with Gasteiger partial charge in [-0.25, -0.2) is 8.42 Å². The third kappa shape index (κ3) is 4.93. The normalized spacial score (nSPS) is 15.5. The summed E-state index contributed by atoms with van der Waals surface area (Å²) in [5.74, 6) is -0.712. The fraction of sp³-hybridized carbons (Fsp3) is 0.222. The summed E-state index contributed by atoms with van der Waals surface area (Å²) >= 11 is 5.73. The Balaban J connectivity index is 1.47. The molecule has 0 radical (unpaired) electrons. The molecule has 2 amide bonds. The number of fused-ring (bicyclic) bond motifs is 1. The SMILES string of the molecule is O=C(CCS(=O)(=O)c1ccc(Cl)cc1)NNC(=O)[C@@H]1COc2ccccc2O1. The van der Waals surface area contributed by atoms with E-state index in [2.05, 4.69) is 10.9 Å². The fourth-order valence-electron chi connectivity index (χ4n) is 2.41. The summed E-state index contributed by atoms with van der Waals surface area (Å²) < 4.78 is 35.3. The van der Waals surface area contributed by atoms with Crippen molar-refractivity contribution in [1.29, 1.82) is 0 Å². The third-order valence-electron chi connectivity index (χ3n) is 3.90. The van der Waals surface area contributed by atoms with Gasteiger partial charge in [0.2, 0.25) is 12.0 Å². The number of carbonyl (C=O) groups excluding carboxylic acids is 2. The molecule has 1 heterocycles. The zero-order chi connectivity index (χ0) is 20.1. The van der Waals surface area contributed by atoms with Crippen LogP contribution in [0.4, 0.5) is 0 Å². The number of hydrogen-bond donors (Lipinski definition) is 2. The van der Waals surface area contributed by atoms with Crippen LogP contribution >= 0.6 is 11.6 Å². The Morgan fingerprint density at radius 3 is 2.43 bits per heavy atom. The number of halogens is 1. The van der Waals surface area contributed by atoms with Crippen molar-refractivity contribution in [2.24, 2.45) is 0 Å². The zero-order valence-electron chi connectivity index (χ0n) is 14.6. The van der Waals surface area contributed by atoms with Gasteiger partial charge in [-0.1, -0.05) is 23.7 Å². The quantitative estimate of drug-likeness (QED) is 0.703. The molecule has 1 aliphatic heterocycles. The van der Waals surface area contributed by atoms with Crippen LogP contribution in [0.25, 0.3) is 0 Å². The van der Waals surface area contributed by atoms with Crippen LogP contribution in [0, 0.1) is 0 Å². The van der Waals surface area contributed by atoms with Gasteiger partial charge in [0, 0.05) is 11.4 Å². The van der Waals surface area contributed by atoms with E-state index >= 15 is 0 Å². The van der Waals surface area contributed by atoms with E-state index in [1.807, 2.05) is 0 Å². The summed E-state index contributed by atoms with van der Waals surface area (Å²) in [4.78, 5) is 24.1. The first-order chi connectivity index (χ1) is 13.3. The minimum absolute atomic E-state index is 0.0103. The van der Waals surface area contributed by atoms with Gasteiger partial charge in [-0.05, 0) is 36.4 Å². The van der Waals surface area contributed by atoms with Crippen LogP contribution in [0.3, 0.4) is 0 Å². The Kier molecular flexibility index (Phi) is 6.05. The van der Waals surface area contributed by atoms with E-state index in [9.17, 15) is 18.0 Å². The van der Waals surface area contributed by atoms with Crippen molar-refractivity contribution in [3.63, 3.8) is 0 Å². The largest absolute Gasteiger partial charge is 0.485 e. The Morgan fingerprint density at radius 1 is 1.04 bits per heavy atom. The second kappa shape index (κ2) is 8.49. The summed E-state index contributed by atoms with van der Waals surface area (Å²) in [5.41, 5.74) is 4.39. The Morgan fingerprint density at radius 2 is 1.71 bits per heavy atom. The van der Waals surface area contributed by atoms with Gasteiger partial charge < -0.3 is 9.47 Å². The molecule has 28 heavy (non-hydrogen) atoms. The van der Waals surface area contributed by atoms with Crippen LogP contribution in [0.2, 0.25) is 5.02 Å². The van der Waals surface area contributed by atoms with Crippen LogP contribution in [-0.4, -0.2) is 38.7 Å². The Labute approximate surface area is 166 Å². The predicted molar refractivity (Wildman–Crippen MR) is 101 cm³/mol. The Bertz CT molecular complexity index is 978. The van der Waals surface area contributed by atoms with Gasteiger partial charge in [0.15, 0.2) is 21.3 Å². The predicted octanol–water partition coefficient (Wildman–Crippen LogP) is 1.49. The Hall–Kier alpha value is -2.78. The molecule has 0 bridgehead atoms. The number of carbonyl (C=O) groups is 2. The average Bonchev–Trinajstić information content (AvgIpc) is 2.70. The van der Waals surface area contributed by atoms with Crippen LogP contribution in [0.5, 0.6) is 11.5 Å². The maximum absolute atomic E-state index is 12.2. The van der Waals surface area contributed by atoms with Gasteiger partial charge in [-0.2, -0.15) is 0 Å². The molecule has 3 rings (SSSR count). The van der Waals surface area contributed by atoms with Gasteiger partial charge in [0.25, 0.3) is 5.91 Å². The highest BCUT2D eigenvalue weighted by atomic mass is 35.5. The van der Waals surface area contributed by atoms with Crippen molar-refractivity contribution in [2.75, 3.05) is 12.4 Å². The third-order valence-corrected chi connectivity index (χ3v) is 5.88. The highest BCUT2D eigenvalue weighted by Gasteiger charge is 2.27. The molecule has 0 aromatic heterocycles. The molecular formula is C18H17ClN2O6S. The topological polar surface area (TPSA) is 111 Å². The van der Waals surface area contributed by atoms with Gasteiger partial charge in [0.1, 0.15) is 6.61 Å². The van der Waals surface area contributed by atoms with Gasteiger partial charge >= 0.3 is 0 Å². The van der Waals surface area contributed by atoms with Crippen LogP contribution in [-0.2, 0) is 19.4 Å². The molecule has 10 heteroatoms. The summed E-state index contributed by atoms with van der Waals surface area (Å²) in [6.45, 7) is -0.0103. The number of benzene rings is 2. The van der Waals surface area contributed by atoms with Crippen molar-refractivity contribution in [1.82, 2.24) is 10.9 Å². The zero-order valence-corrected chi connectivity index (χ0v) is 16.1. The van der Waals surface area contributed by atoms with Crippen LogP contribution in [0.1, 0.15) is 6.42 Å². The number of rotatable bonds is 5. The van der Waals surface area contributed by atoms with E-state index < -0.39 is 33.5 Å². The van der Waals surface area contributed by atoms with E-state index in [1.165, 1.54) is 24.3 Å². The fourth-order valence-corrected chi connectivity index (χ4v) is 3.78. The minimum Gasteiger partial charge on any atom is -0.485 e. The standard InChI is InChI=1S/C18H17ClN2O6S/c19-12-5-7-13(8-6-12)28(24,25)10-9-17(22)20-21-18(23)16-11-26-14-3-1-2-4-15(14)27-16/h1-8,16H,9-11H2,(H,20,22)(H,21,23)/t16-/m0/s1. The lowest BCUT2D eigenvalue weighted by atomic mass is 10.2. The van der Waals surface area contributed by atoms with Crippen molar-refractivity contribution < 1.29 is 27.5 Å². The van der Waals surface area contributed by atoms with Gasteiger partial charge in [0.05, 0.1) is 10.6 Å². The maximum atomic E-state index is 12.2. The summed E-state index contributed by atoms with van der Waals surface area (Å²) in [5, 5.41) is 0.413.